The zero-order chi connectivity index (χ0) is 9.97. The third-order valence-electron chi connectivity index (χ3n) is 2.24. The molecule has 1 unspecified atom stereocenters. The van der Waals surface area contributed by atoms with E-state index in [0.29, 0.717) is 13.0 Å². The van der Waals surface area contributed by atoms with E-state index >= 15 is 0 Å². The largest absolute Gasteiger partial charge is 0.461 e. The van der Waals surface area contributed by atoms with Crippen molar-refractivity contribution in [2.45, 2.75) is 12.5 Å². The van der Waals surface area contributed by atoms with Crippen molar-refractivity contribution in [3.05, 3.63) is 36.1 Å². The van der Waals surface area contributed by atoms with Crippen LogP contribution in [0.15, 0.2) is 34.7 Å². The molecule has 0 saturated carbocycles. The lowest BCUT2D eigenvalue weighted by atomic mass is 10.2. The maximum atomic E-state index is 5.74. The minimum atomic E-state index is -0.0180. The third-order valence-corrected chi connectivity index (χ3v) is 2.24. The predicted molar refractivity (Wildman–Crippen MR) is 56.9 cm³/mol. The third kappa shape index (κ3) is 1.78. The van der Waals surface area contributed by atoms with E-state index in [2.05, 4.69) is 0 Å². The number of furan rings is 1. The lowest BCUT2D eigenvalue weighted by Crippen LogP contribution is -2.31. The van der Waals surface area contributed by atoms with Crippen molar-refractivity contribution in [3.63, 3.8) is 0 Å². The minimum absolute atomic E-state index is 0.0180. The summed E-state index contributed by atoms with van der Waals surface area (Å²) in [5, 5.41) is 1.12. The van der Waals surface area contributed by atoms with Gasteiger partial charge in [-0.1, -0.05) is 18.2 Å². The standard InChI is InChI=1S/C11H14N2O/c12-7-9(13)6-10-5-8-3-1-2-4-11(8)14-10/h1-5,9H,6-7,12-13H2. The van der Waals surface area contributed by atoms with E-state index in [9.17, 15) is 0 Å². The van der Waals surface area contributed by atoms with Gasteiger partial charge in [0.2, 0.25) is 0 Å². The molecule has 0 bridgehead atoms. The van der Waals surface area contributed by atoms with Gasteiger partial charge in [-0.25, -0.2) is 0 Å². The molecule has 1 heterocycles. The van der Waals surface area contributed by atoms with Crippen LogP contribution in [0.5, 0.6) is 0 Å². The van der Waals surface area contributed by atoms with Gasteiger partial charge in [-0.3, -0.25) is 0 Å². The maximum Gasteiger partial charge on any atom is 0.134 e. The monoisotopic (exact) mass is 190 g/mol. The summed E-state index contributed by atoms with van der Waals surface area (Å²) in [6.07, 6.45) is 0.700. The molecule has 0 saturated heterocycles. The molecular weight excluding hydrogens is 176 g/mol. The molecule has 14 heavy (non-hydrogen) atoms. The number of rotatable bonds is 3. The number of hydrogen-bond donors (Lipinski definition) is 2. The molecule has 3 nitrogen and oxygen atoms in total. The van der Waals surface area contributed by atoms with Gasteiger partial charge in [-0.2, -0.15) is 0 Å². The van der Waals surface area contributed by atoms with Crippen LogP contribution in [0.1, 0.15) is 5.76 Å². The van der Waals surface area contributed by atoms with Crippen LogP contribution in [0.2, 0.25) is 0 Å². The molecule has 2 rings (SSSR count). The van der Waals surface area contributed by atoms with Gasteiger partial charge in [0.15, 0.2) is 0 Å². The minimum Gasteiger partial charge on any atom is -0.461 e. The first-order valence-corrected chi connectivity index (χ1v) is 4.72. The summed E-state index contributed by atoms with van der Waals surface area (Å²) in [6, 6.07) is 9.92. The van der Waals surface area contributed by atoms with Crippen LogP contribution in [0.25, 0.3) is 11.0 Å². The van der Waals surface area contributed by atoms with Crippen molar-refractivity contribution in [2.75, 3.05) is 6.54 Å². The first-order valence-electron chi connectivity index (χ1n) is 4.72. The molecule has 74 valence electrons. The second-order valence-corrected chi connectivity index (χ2v) is 3.45. The fourth-order valence-electron chi connectivity index (χ4n) is 1.48. The lowest BCUT2D eigenvalue weighted by Gasteiger charge is -2.04. The van der Waals surface area contributed by atoms with Gasteiger partial charge in [0.1, 0.15) is 11.3 Å². The number of benzene rings is 1. The molecule has 0 aliphatic carbocycles. The van der Waals surface area contributed by atoms with E-state index in [0.717, 1.165) is 16.7 Å². The van der Waals surface area contributed by atoms with Gasteiger partial charge in [-0.05, 0) is 12.1 Å². The van der Waals surface area contributed by atoms with Gasteiger partial charge in [0.05, 0.1) is 0 Å². The normalized spacial score (nSPS) is 13.3. The molecule has 1 aromatic heterocycles. The Morgan fingerprint density at radius 3 is 2.79 bits per heavy atom. The average Bonchev–Trinajstić information content (AvgIpc) is 2.59. The number of nitrogens with two attached hydrogens (primary N) is 2. The van der Waals surface area contributed by atoms with E-state index in [4.69, 9.17) is 15.9 Å². The highest BCUT2D eigenvalue weighted by atomic mass is 16.3. The van der Waals surface area contributed by atoms with E-state index in [1.807, 2.05) is 30.3 Å². The summed E-state index contributed by atoms with van der Waals surface area (Å²) < 4.78 is 5.60. The predicted octanol–water partition coefficient (Wildman–Crippen LogP) is 1.26. The molecular formula is C11H14N2O. The number of hydrogen-bond acceptors (Lipinski definition) is 3. The number of para-hydroxylation sites is 1. The van der Waals surface area contributed by atoms with Crippen molar-refractivity contribution in [2.24, 2.45) is 11.5 Å². The van der Waals surface area contributed by atoms with Gasteiger partial charge >= 0.3 is 0 Å². The maximum absolute atomic E-state index is 5.74. The number of fused-ring (bicyclic) bond motifs is 1. The summed E-state index contributed by atoms with van der Waals surface area (Å²) in [5.74, 6) is 0.907. The van der Waals surface area contributed by atoms with Gasteiger partial charge < -0.3 is 15.9 Å². The SMILES string of the molecule is NCC(N)Cc1cc2ccccc2o1. The summed E-state index contributed by atoms with van der Waals surface area (Å²) in [7, 11) is 0. The highest BCUT2D eigenvalue weighted by Crippen LogP contribution is 2.19. The van der Waals surface area contributed by atoms with E-state index in [1.54, 1.807) is 0 Å². The summed E-state index contributed by atoms with van der Waals surface area (Å²) in [5.41, 5.74) is 12.1. The van der Waals surface area contributed by atoms with Gasteiger partial charge in [0.25, 0.3) is 0 Å². The second-order valence-electron chi connectivity index (χ2n) is 3.45. The Kier molecular flexibility index (Phi) is 2.52. The van der Waals surface area contributed by atoms with Crippen LogP contribution in [0, 0.1) is 0 Å². The van der Waals surface area contributed by atoms with Crippen LogP contribution >= 0.6 is 0 Å². The quantitative estimate of drug-likeness (QED) is 0.765. The molecule has 4 N–H and O–H groups in total. The van der Waals surface area contributed by atoms with Crippen molar-refractivity contribution in [3.8, 4) is 0 Å². The van der Waals surface area contributed by atoms with Crippen LogP contribution < -0.4 is 11.5 Å². The van der Waals surface area contributed by atoms with Crippen molar-refractivity contribution < 1.29 is 4.42 Å². The molecule has 0 radical (unpaired) electrons. The van der Waals surface area contributed by atoms with Crippen molar-refractivity contribution in [1.29, 1.82) is 0 Å². The molecule has 0 fully saturated rings. The Bertz CT molecular complexity index is 389. The van der Waals surface area contributed by atoms with E-state index in [1.165, 1.54) is 0 Å². The zero-order valence-electron chi connectivity index (χ0n) is 7.94. The molecule has 0 spiro atoms. The van der Waals surface area contributed by atoms with E-state index < -0.39 is 0 Å². The van der Waals surface area contributed by atoms with Gasteiger partial charge in [-0.15, -0.1) is 0 Å². The summed E-state index contributed by atoms with van der Waals surface area (Å²) in [4.78, 5) is 0. The smallest absolute Gasteiger partial charge is 0.134 e. The zero-order valence-corrected chi connectivity index (χ0v) is 7.94. The Balaban J connectivity index is 2.27. The fraction of sp³-hybridized carbons (Fsp3) is 0.273. The first kappa shape index (κ1) is 9.24. The highest BCUT2D eigenvalue weighted by molar-refractivity contribution is 5.77. The topological polar surface area (TPSA) is 65.2 Å². The van der Waals surface area contributed by atoms with Crippen LogP contribution in [-0.2, 0) is 6.42 Å². The highest BCUT2D eigenvalue weighted by Gasteiger charge is 2.06. The second kappa shape index (κ2) is 3.82. The molecule has 1 atom stereocenters. The van der Waals surface area contributed by atoms with Gasteiger partial charge in [0, 0.05) is 24.4 Å². The fourth-order valence-corrected chi connectivity index (χ4v) is 1.48. The lowest BCUT2D eigenvalue weighted by molar-refractivity contribution is 0.516. The molecule has 0 amide bonds. The summed E-state index contributed by atoms with van der Waals surface area (Å²) >= 11 is 0. The Morgan fingerprint density at radius 2 is 2.07 bits per heavy atom. The van der Waals surface area contributed by atoms with Crippen LogP contribution in [0.3, 0.4) is 0 Å². The average molecular weight is 190 g/mol. The Morgan fingerprint density at radius 1 is 1.29 bits per heavy atom. The van der Waals surface area contributed by atoms with Crippen LogP contribution in [-0.4, -0.2) is 12.6 Å². The van der Waals surface area contributed by atoms with Crippen molar-refractivity contribution in [1.82, 2.24) is 0 Å². The van der Waals surface area contributed by atoms with Crippen LogP contribution in [0.4, 0.5) is 0 Å². The summed E-state index contributed by atoms with van der Waals surface area (Å²) in [6.45, 7) is 0.483. The molecule has 0 aliphatic rings. The Hall–Kier alpha value is -1.32. The molecule has 3 heteroatoms. The Labute approximate surface area is 82.7 Å². The molecule has 2 aromatic rings. The first-order chi connectivity index (χ1) is 6.79. The molecule has 0 aliphatic heterocycles. The van der Waals surface area contributed by atoms with Crippen molar-refractivity contribution >= 4 is 11.0 Å². The van der Waals surface area contributed by atoms with E-state index in [-0.39, 0.29) is 6.04 Å². The molecule has 1 aromatic carbocycles.